The number of hydrogen-bond donors (Lipinski definition) is 2. The second-order valence-electron chi connectivity index (χ2n) is 5.81. The molecule has 0 aliphatic rings. The molecule has 0 aliphatic carbocycles. The van der Waals surface area contributed by atoms with Crippen LogP contribution in [0, 0.1) is 5.41 Å². The van der Waals surface area contributed by atoms with Crippen LogP contribution in [-0.4, -0.2) is 21.5 Å². The molecule has 19 heavy (non-hydrogen) atoms. The molecule has 0 saturated heterocycles. The first-order valence-corrected chi connectivity index (χ1v) is 8.07. The second kappa shape index (κ2) is 6.39. The largest absolute Gasteiger partial charge is 0.383 e. The van der Waals surface area contributed by atoms with E-state index in [2.05, 4.69) is 30.8 Å². The summed E-state index contributed by atoms with van der Waals surface area (Å²) in [5, 5.41) is 3.22. The minimum absolute atomic E-state index is 0.0910. The molecule has 4 nitrogen and oxygen atoms in total. The van der Waals surface area contributed by atoms with Gasteiger partial charge in [-0.1, -0.05) is 39.8 Å². The van der Waals surface area contributed by atoms with Crippen molar-refractivity contribution in [1.82, 2.24) is 4.72 Å². The SMILES string of the molecule is CCCNS(=O)(=O)c1ccccc1NCC(C)(C)C. The molecule has 0 spiro atoms. The van der Waals surface area contributed by atoms with Crippen LogP contribution in [0.1, 0.15) is 34.1 Å². The number of benzene rings is 1. The number of nitrogens with one attached hydrogen (secondary N) is 2. The number of anilines is 1. The third-order valence-electron chi connectivity index (χ3n) is 2.53. The molecule has 1 rings (SSSR count). The van der Waals surface area contributed by atoms with Crippen LogP contribution in [0.15, 0.2) is 29.2 Å². The zero-order chi connectivity index (χ0) is 14.5. The van der Waals surface area contributed by atoms with Crippen molar-refractivity contribution in [3.8, 4) is 0 Å². The van der Waals surface area contributed by atoms with Gasteiger partial charge in [-0.25, -0.2) is 13.1 Å². The first-order valence-electron chi connectivity index (χ1n) is 6.59. The van der Waals surface area contributed by atoms with E-state index in [1.54, 1.807) is 18.2 Å². The zero-order valence-electron chi connectivity index (χ0n) is 12.2. The van der Waals surface area contributed by atoms with Crippen molar-refractivity contribution in [2.24, 2.45) is 5.41 Å². The van der Waals surface area contributed by atoms with Gasteiger partial charge in [-0.15, -0.1) is 0 Å². The third kappa shape index (κ3) is 5.20. The van der Waals surface area contributed by atoms with Crippen molar-refractivity contribution in [3.05, 3.63) is 24.3 Å². The molecule has 0 atom stereocenters. The third-order valence-corrected chi connectivity index (χ3v) is 4.05. The molecule has 0 saturated carbocycles. The van der Waals surface area contributed by atoms with Gasteiger partial charge in [0.15, 0.2) is 0 Å². The molecule has 1 aromatic carbocycles. The fourth-order valence-corrected chi connectivity index (χ4v) is 2.84. The summed E-state index contributed by atoms with van der Waals surface area (Å²) >= 11 is 0. The van der Waals surface area contributed by atoms with Crippen LogP contribution in [0.25, 0.3) is 0 Å². The molecule has 0 heterocycles. The number of rotatable bonds is 6. The maximum Gasteiger partial charge on any atom is 0.242 e. The minimum Gasteiger partial charge on any atom is -0.383 e. The van der Waals surface area contributed by atoms with E-state index in [1.165, 1.54) is 0 Å². The number of sulfonamides is 1. The summed E-state index contributed by atoms with van der Waals surface area (Å²) in [7, 11) is -3.43. The normalized spacial score (nSPS) is 12.4. The Bertz CT molecular complexity index is 504. The van der Waals surface area contributed by atoms with Gasteiger partial charge in [0.2, 0.25) is 10.0 Å². The summed E-state index contributed by atoms with van der Waals surface area (Å²) in [6.45, 7) is 9.42. The van der Waals surface area contributed by atoms with Gasteiger partial charge in [0.25, 0.3) is 0 Å². The fourth-order valence-electron chi connectivity index (χ4n) is 1.52. The van der Waals surface area contributed by atoms with Crippen LogP contribution in [0.3, 0.4) is 0 Å². The van der Waals surface area contributed by atoms with Gasteiger partial charge in [-0.2, -0.15) is 0 Å². The standard InChI is InChI=1S/C14H24N2O2S/c1-5-10-16-19(17,18)13-9-7-6-8-12(13)15-11-14(2,3)4/h6-9,15-16H,5,10-11H2,1-4H3. The second-order valence-corrected chi connectivity index (χ2v) is 7.54. The van der Waals surface area contributed by atoms with Crippen molar-refractivity contribution < 1.29 is 8.42 Å². The summed E-state index contributed by atoms with van der Waals surface area (Å²) in [6.07, 6.45) is 0.775. The molecule has 0 bridgehead atoms. The lowest BCUT2D eigenvalue weighted by molar-refractivity contribution is 0.442. The van der Waals surface area contributed by atoms with Gasteiger partial charge in [0.05, 0.1) is 5.69 Å². The molecule has 0 amide bonds. The summed E-state index contributed by atoms with van der Waals surface area (Å²) in [5.41, 5.74) is 0.745. The Hall–Kier alpha value is -1.07. The van der Waals surface area contributed by atoms with E-state index in [0.29, 0.717) is 23.7 Å². The van der Waals surface area contributed by atoms with E-state index in [1.807, 2.05) is 13.0 Å². The van der Waals surface area contributed by atoms with Crippen molar-refractivity contribution in [2.45, 2.75) is 39.0 Å². The average molecular weight is 284 g/mol. The van der Waals surface area contributed by atoms with E-state index in [9.17, 15) is 8.42 Å². The van der Waals surface area contributed by atoms with Gasteiger partial charge >= 0.3 is 0 Å². The van der Waals surface area contributed by atoms with Crippen molar-refractivity contribution in [2.75, 3.05) is 18.4 Å². The summed E-state index contributed by atoms with van der Waals surface area (Å²) < 4.78 is 27.0. The maximum absolute atomic E-state index is 12.2. The highest BCUT2D eigenvalue weighted by Crippen LogP contribution is 2.22. The van der Waals surface area contributed by atoms with E-state index in [-0.39, 0.29) is 5.41 Å². The molecule has 0 aliphatic heterocycles. The highest BCUT2D eigenvalue weighted by atomic mass is 32.2. The first-order chi connectivity index (χ1) is 8.76. The van der Waals surface area contributed by atoms with Gasteiger partial charge < -0.3 is 5.32 Å². The Balaban J connectivity index is 2.96. The molecule has 0 unspecified atom stereocenters. The highest BCUT2D eigenvalue weighted by Gasteiger charge is 2.18. The molecule has 0 fully saturated rings. The van der Waals surface area contributed by atoms with Crippen LogP contribution in [0.2, 0.25) is 0 Å². The molecular formula is C14H24N2O2S. The average Bonchev–Trinajstić information content (AvgIpc) is 2.33. The number of para-hydroxylation sites is 1. The Morgan fingerprint density at radius 3 is 2.37 bits per heavy atom. The smallest absolute Gasteiger partial charge is 0.242 e. The topological polar surface area (TPSA) is 58.2 Å². The summed E-state index contributed by atoms with van der Waals surface area (Å²) in [5.74, 6) is 0. The monoisotopic (exact) mass is 284 g/mol. The lowest BCUT2D eigenvalue weighted by Gasteiger charge is -2.21. The van der Waals surface area contributed by atoms with Crippen molar-refractivity contribution in [1.29, 1.82) is 0 Å². The molecular weight excluding hydrogens is 260 g/mol. The van der Waals surface area contributed by atoms with Gasteiger partial charge in [-0.3, -0.25) is 0 Å². The van der Waals surface area contributed by atoms with Gasteiger partial charge in [-0.05, 0) is 24.0 Å². The number of hydrogen-bond acceptors (Lipinski definition) is 3. The van der Waals surface area contributed by atoms with Crippen LogP contribution < -0.4 is 10.0 Å². The predicted octanol–water partition coefficient (Wildman–Crippen LogP) is 2.83. The van der Waals surface area contributed by atoms with Gasteiger partial charge in [0.1, 0.15) is 4.90 Å². The Morgan fingerprint density at radius 1 is 1.16 bits per heavy atom. The molecule has 0 aromatic heterocycles. The van der Waals surface area contributed by atoms with Crippen LogP contribution in [0.5, 0.6) is 0 Å². The quantitative estimate of drug-likeness (QED) is 0.844. The van der Waals surface area contributed by atoms with E-state index in [0.717, 1.165) is 6.42 Å². The van der Waals surface area contributed by atoms with Gasteiger partial charge in [0, 0.05) is 13.1 Å². The van der Waals surface area contributed by atoms with Crippen LogP contribution >= 0.6 is 0 Å². The van der Waals surface area contributed by atoms with E-state index in [4.69, 9.17) is 0 Å². The summed E-state index contributed by atoms with van der Waals surface area (Å²) in [4.78, 5) is 0.313. The maximum atomic E-state index is 12.2. The predicted molar refractivity (Wildman–Crippen MR) is 79.9 cm³/mol. The van der Waals surface area contributed by atoms with Crippen LogP contribution in [-0.2, 0) is 10.0 Å². The Labute approximate surface area is 116 Å². The van der Waals surface area contributed by atoms with Crippen LogP contribution in [0.4, 0.5) is 5.69 Å². The minimum atomic E-state index is -3.43. The van der Waals surface area contributed by atoms with Crippen molar-refractivity contribution in [3.63, 3.8) is 0 Å². The molecule has 108 valence electrons. The lowest BCUT2D eigenvalue weighted by Crippen LogP contribution is -2.26. The molecule has 1 aromatic rings. The highest BCUT2D eigenvalue weighted by molar-refractivity contribution is 7.89. The summed E-state index contributed by atoms with van der Waals surface area (Å²) in [6, 6.07) is 7.00. The molecule has 2 N–H and O–H groups in total. The first kappa shape index (κ1) is 16.0. The molecule has 0 radical (unpaired) electrons. The lowest BCUT2D eigenvalue weighted by atomic mass is 9.97. The van der Waals surface area contributed by atoms with Crippen molar-refractivity contribution >= 4 is 15.7 Å². The Morgan fingerprint density at radius 2 is 1.79 bits per heavy atom. The fraction of sp³-hybridized carbons (Fsp3) is 0.571. The zero-order valence-corrected chi connectivity index (χ0v) is 13.0. The molecule has 5 heteroatoms. The Kier molecular flexibility index (Phi) is 5.38. The van der Waals surface area contributed by atoms with E-state index < -0.39 is 10.0 Å². The van der Waals surface area contributed by atoms with E-state index >= 15 is 0 Å².